The summed E-state index contributed by atoms with van der Waals surface area (Å²) in [6, 6.07) is 19.0. The van der Waals surface area contributed by atoms with Crippen LogP contribution in [-0.2, 0) is 16.1 Å². The molecule has 4 fully saturated rings. The number of hydrogen-bond donors (Lipinski definition) is 5. The van der Waals surface area contributed by atoms with E-state index in [0.29, 0.717) is 12.0 Å². The van der Waals surface area contributed by atoms with Crippen LogP contribution in [0.1, 0.15) is 30.1 Å². The average Bonchev–Trinajstić information content (AvgIpc) is 2.85. The molecule has 1 spiro atoms. The van der Waals surface area contributed by atoms with Crippen LogP contribution in [0.4, 0.5) is 5.69 Å². The van der Waals surface area contributed by atoms with Crippen LogP contribution in [0.25, 0.3) is 0 Å². The van der Waals surface area contributed by atoms with E-state index in [-0.39, 0.29) is 30.2 Å². The number of benzene rings is 2. The van der Waals surface area contributed by atoms with Crippen molar-refractivity contribution in [2.45, 2.75) is 37.8 Å². The molecule has 4 heterocycles. The fourth-order valence-corrected chi connectivity index (χ4v) is 5.71. The molecule has 4 atom stereocenters. The largest absolute Gasteiger partial charge is 0.380 e. The highest BCUT2D eigenvalue weighted by molar-refractivity contribution is 5.81. The third-order valence-corrected chi connectivity index (χ3v) is 7.90. The molecule has 180 valence electrons. The summed E-state index contributed by atoms with van der Waals surface area (Å²) in [4.78, 5) is 15.3. The van der Waals surface area contributed by atoms with Gasteiger partial charge in [-0.05, 0) is 49.2 Å². The molecule has 2 aromatic carbocycles. The molecule has 0 aliphatic carbocycles. The highest BCUT2D eigenvalue weighted by atomic mass is 16.5. The number of hydrazine groups is 1. The van der Waals surface area contributed by atoms with E-state index in [1.165, 1.54) is 18.4 Å². The van der Waals surface area contributed by atoms with Crippen LogP contribution in [0.15, 0.2) is 54.6 Å². The number of fused-ring (bicyclic) bond motifs is 1. The second-order valence-electron chi connectivity index (χ2n) is 10.3. The van der Waals surface area contributed by atoms with Crippen LogP contribution in [0.2, 0.25) is 0 Å². The number of nitrogens with zero attached hydrogens (tertiary/aromatic N) is 1. The first-order valence-electron chi connectivity index (χ1n) is 12.4. The zero-order chi connectivity index (χ0) is 23.0. The highest BCUT2D eigenvalue weighted by Gasteiger charge is 2.44. The van der Waals surface area contributed by atoms with Gasteiger partial charge in [-0.1, -0.05) is 42.5 Å². The zero-order valence-corrected chi connectivity index (χ0v) is 19.4. The third kappa shape index (κ3) is 4.44. The summed E-state index contributed by atoms with van der Waals surface area (Å²) in [6.07, 6.45) is 2.27. The van der Waals surface area contributed by atoms with Gasteiger partial charge in [0.2, 0.25) is 5.91 Å². The summed E-state index contributed by atoms with van der Waals surface area (Å²) in [5, 5.41) is 10.8. The molecule has 34 heavy (non-hydrogen) atoms. The topological polar surface area (TPSA) is 89.7 Å². The number of piperidine rings is 1. The first-order chi connectivity index (χ1) is 16.7. The molecule has 0 aromatic heterocycles. The molecule has 0 radical (unpaired) electrons. The van der Waals surface area contributed by atoms with E-state index in [2.05, 4.69) is 68.1 Å². The summed E-state index contributed by atoms with van der Waals surface area (Å²) in [6.45, 7) is 5.87. The number of amides is 1. The lowest BCUT2D eigenvalue weighted by Crippen LogP contribution is -2.71. The molecule has 5 N–H and O–H groups in total. The lowest BCUT2D eigenvalue weighted by atomic mass is 9.77. The minimum Gasteiger partial charge on any atom is -0.380 e. The Morgan fingerprint density at radius 3 is 2.47 bits per heavy atom. The number of likely N-dealkylation sites (tertiary alicyclic amines) is 1. The van der Waals surface area contributed by atoms with Crippen molar-refractivity contribution in [1.82, 2.24) is 26.4 Å². The maximum atomic E-state index is 12.7. The van der Waals surface area contributed by atoms with Crippen molar-refractivity contribution in [2.75, 3.05) is 38.2 Å². The monoisotopic (exact) mass is 462 g/mol. The second kappa shape index (κ2) is 9.28. The van der Waals surface area contributed by atoms with Gasteiger partial charge in [0.15, 0.2) is 0 Å². The SMILES string of the molecule is O=C1NNCC2NC(c3ccccc3)NC(Nc3ccc(CN4CCC5(CC4)COC5)cc3)C12. The van der Waals surface area contributed by atoms with Gasteiger partial charge in [-0.15, -0.1) is 0 Å². The number of carbonyl (C=O) groups is 1. The Balaban J connectivity index is 1.12. The van der Waals surface area contributed by atoms with Gasteiger partial charge >= 0.3 is 0 Å². The number of anilines is 1. The van der Waals surface area contributed by atoms with Gasteiger partial charge in [0.1, 0.15) is 0 Å². The summed E-state index contributed by atoms with van der Waals surface area (Å²) < 4.78 is 5.45. The Labute approximate surface area is 200 Å². The third-order valence-electron chi connectivity index (χ3n) is 7.90. The molecule has 0 saturated carbocycles. The van der Waals surface area contributed by atoms with E-state index in [0.717, 1.165) is 44.1 Å². The molecular formula is C26H34N6O2. The van der Waals surface area contributed by atoms with Crippen molar-refractivity contribution in [2.24, 2.45) is 11.3 Å². The standard InChI is InChI=1S/C26H34N6O2/c33-25-22-21(14-27-31-25)29-23(19-4-2-1-3-5-19)30-24(22)28-20-8-6-18(7-9-20)15-32-12-10-26(11-13-32)16-34-17-26/h1-9,21-24,27-30H,10-17H2,(H,31,33). The number of hydrogen-bond acceptors (Lipinski definition) is 7. The molecule has 1 amide bonds. The first-order valence-corrected chi connectivity index (χ1v) is 12.4. The van der Waals surface area contributed by atoms with Crippen LogP contribution in [0.5, 0.6) is 0 Å². The average molecular weight is 463 g/mol. The maximum absolute atomic E-state index is 12.7. The molecule has 8 heteroatoms. The van der Waals surface area contributed by atoms with Gasteiger partial charge in [0.05, 0.1) is 31.5 Å². The van der Waals surface area contributed by atoms with E-state index in [9.17, 15) is 4.79 Å². The van der Waals surface area contributed by atoms with Crippen molar-refractivity contribution in [3.63, 3.8) is 0 Å². The van der Waals surface area contributed by atoms with Gasteiger partial charge < -0.3 is 10.1 Å². The first kappa shape index (κ1) is 22.0. The minimum atomic E-state index is -0.225. The van der Waals surface area contributed by atoms with Crippen molar-refractivity contribution in [1.29, 1.82) is 0 Å². The molecular weight excluding hydrogens is 428 g/mol. The van der Waals surface area contributed by atoms with Gasteiger partial charge in [-0.2, -0.15) is 0 Å². The van der Waals surface area contributed by atoms with E-state index in [1.807, 2.05) is 18.2 Å². The predicted octanol–water partition coefficient (Wildman–Crippen LogP) is 1.55. The van der Waals surface area contributed by atoms with Crippen molar-refractivity contribution in [3.8, 4) is 0 Å². The molecule has 4 aliphatic rings. The lowest BCUT2D eigenvalue weighted by molar-refractivity contribution is -0.140. The van der Waals surface area contributed by atoms with Crippen LogP contribution in [0, 0.1) is 11.3 Å². The maximum Gasteiger partial charge on any atom is 0.242 e. The zero-order valence-electron chi connectivity index (χ0n) is 19.4. The van der Waals surface area contributed by atoms with Crippen LogP contribution in [-0.4, -0.2) is 55.9 Å². The Morgan fingerprint density at radius 1 is 1.00 bits per heavy atom. The van der Waals surface area contributed by atoms with Gasteiger partial charge in [0, 0.05) is 30.2 Å². The highest BCUT2D eigenvalue weighted by Crippen LogP contribution is 2.38. The smallest absolute Gasteiger partial charge is 0.242 e. The molecule has 8 nitrogen and oxygen atoms in total. The fourth-order valence-electron chi connectivity index (χ4n) is 5.71. The number of carbonyl (C=O) groups excluding carboxylic acids is 1. The Morgan fingerprint density at radius 2 is 1.76 bits per heavy atom. The van der Waals surface area contributed by atoms with Crippen molar-refractivity contribution < 1.29 is 9.53 Å². The van der Waals surface area contributed by atoms with Gasteiger partial charge in [0.25, 0.3) is 0 Å². The lowest BCUT2D eigenvalue weighted by Gasteiger charge is -2.47. The summed E-state index contributed by atoms with van der Waals surface area (Å²) >= 11 is 0. The molecule has 6 rings (SSSR count). The van der Waals surface area contributed by atoms with E-state index >= 15 is 0 Å². The quantitative estimate of drug-likeness (QED) is 0.461. The molecule has 4 aliphatic heterocycles. The van der Waals surface area contributed by atoms with Crippen molar-refractivity contribution >= 4 is 11.6 Å². The summed E-state index contributed by atoms with van der Waals surface area (Å²) in [5.41, 5.74) is 9.79. The predicted molar refractivity (Wildman–Crippen MR) is 130 cm³/mol. The fraction of sp³-hybridized carbons (Fsp3) is 0.500. The van der Waals surface area contributed by atoms with Crippen LogP contribution in [0.3, 0.4) is 0 Å². The van der Waals surface area contributed by atoms with Gasteiger partial charge in [-0.25, -0.2) is 5.43 Å². The van der Waals surface area contributed by atoms with Crippen LogP contribution < -0.4 is 26.8 Å². The van der Waals surface area contributed by atoms with Crippen LogP contribution >= 0.6 is 0 Å². The van der Waals surface area contributed by atoms with E-state index in [1.54, 1.807) is 0 Å². The minimum absolute atomic E-state index is 0.00313. The second-order valence-corrected chi connectivity index (χ2v) is 10.3. The molecule has 2 aromatic rings. The number of nitrogens with one attached hydrogen (secondary N) is 5. The normalized spacial score (nSPS) is 30.8. The van der Waals surface area contributed by atoms with E-state index in [4.69, 9.17) is 4.74 Å². The van der Waals surface area contributed by atoms with Gasteiger partial charge in [-0.3, -0.25) is 25.8 Å². The summed E-state index contributed by atoms with van der Waals surface area (Å²) in [7, 11) is 0. The molecule has 4 saturated heterocycles. The molecule has 4 unspecified atom stereocenters. The number of rotatable bonds is 5. The number of ether oxygens (including phenoxy) is 1. The van der Waals surface area contributed by atoms with E-state index < -0.39 is 0 Å². The Kier molecular flexibility index (Phi) is 6.01. The Hall–Kier alpha value is -2.49. The molecule has 0 bridgehead atoms. The Bertz CT molecular complexity index is 986. The van der Waals surface area contributed by atoms with Crippen molar-refractivity contribution in [3.05, 3.63) is 65.7 Å². The summed E-state index contributed by atoms with van der Waals surface area (Å²) in [5.74, 6) is -0.228.